The summed E-state index contributed by atoms with van der Waals surface area (Å²) in [6, 6.07) is 8.59. The van der Waals surface area contributed by atoms with E-state index in [1.165, 1.54) is 11.1 Å². The number of rotatable bonds is 6. The van der Waals surface area contributed by atoms with Gasteiger partial charge in [-0.05, 0) is 56.4 Å². The van der Waals surface area contributed by atoms with Gasteiger partial charge in [0.05, 0.1) is 5.92 Å². The first-order chi connectivity index (χ1) is 11.5. The van der Waals surface area contributed by atoms with E-state index in [-0.39, 0.29) is 17.2 Å². The van der Waals surface area contributed by atoms with E-state index >= 15 is 0 Å². The first-order valence-electron chi connectivity index (χ1n) is 9.06. The zero-order chi connectivity index (χ0) is 17.2. The highest BCUT2D eigenvalue weighted by atomic mass is 16.4. The molecule has 1 amide bonds. The van der Waals surface area contributed by atoms with Gasteiger partial charge in [0.2, 0.25) is 5.91 Å². The molecule has 1 atom stereocenters. The van der Waals surface area contributed by atoms with Crippen molar-refractivity contribution in [1.29, 1.82) is 0 Å². The van der Waals surface area contributed by atoms with Gasteiger partial charge in [0.25, 0.3) is 0 Å². The van der Waals surface area contributed by atoms with Crippen LogP contribution < -0.4 is 0 Å². The van der Waals surface area contributed by atoms with E-state index in [4.69, 9.17) is 5.11 Å². The maximum Gasteiger partial charge on any atom is 0.307 e. The quantitative estimate of drug-likeness (QED) is 0.814. The molecule has 24 heavy (non-hydrogen) atoms. The molecule has 1 aromatic carbocycles. The van der Waals surface area contributed by atoms with Crippen LogP contribution in [0.5, 0.6) is 0 Å². The van der Waals surface area contributed by atoms with Crippen LogP contribution in [0.2, 0.25) is 0 Å². The van der Waals surface area contributed by atoms with Crippen LogP contribution in [0.15, 0.2) is 24.3 Å². The number of benzene rings is 1. The summed E-state index contributed by atoms with van der Waals surface area (Å²) in [6.07, 6.45) is 6.12. The predicted octanol–water partition coefficient (Wildman–Crippen LogP) is 3.42. The van der Waals surface area contributed by atoms with Gasteiger partial charge in [-0.15, -0.1) is 0 Å². The second-order valence-electron chi connectivity index (χ2n) is 7.53. The summed E-state index contributed by atoms with van der Waals surface area (Å²) in [5, 5.41) is 9.12. The van der Waals surface area contributed by atoms with Gasteiger partial charge in [-0.1, -0.05) is 29.8 Å². The van der Waals surface area contributed by atoms with Crippen LogP contribution in [0.3, 0.4) is 0 Å². The van der Waals surface area contributed by atoms with Crippen molar-refractivity contribution >= 4 is 11.9 Å². The molecule has 1 saturated heterocycles. The van der Waals surface area contributed by atoms with Crippen LogP contribution in [-0.2, 0) is 16.0 Å². The highest BCUT2D eigenvalue weighted by Gasteiger charge is 2.59. The third kappa shape index (κ3) is 3.80. The second kappa shape index (κ2) is 6.96. The maximum atomic E-state index is 12.3. The number of aliphatic carboxylic acids is 1. The summed E-state index contributed by atoms with van der Waals surface area (Å²) in [7, 11) is 0. The Kier molecular flexibility index (Phi) is 4.93. The number of unbranched alkanes of at least 4 members (excludes halogenated alkanes) is 1. The van der Waals surface area contributed by atoms with Crippen LogP contribution in [0.25, 0.3) is 0 Å². The molecular formula is C20H27NO3. The van der Waals surface area contributed by atoms with Crippen molar-refractivity contribution in [3.05, 3.63) is 35.4 Å². The van der Waals surface area contributed by atoms with Crippen molar-refractivity contribution in [3.63, 3.8) is 0 Å². The molecular weight excluding hydrogens is 302 g/mol. The highest BCUT2D eigenvalue weighted by molar-refractivity contribution is 5.77. The molecule has 0 aromatic heterocycles. The Morgan fingerprint density at radius 3 is 2.42 bits per heavy atom. The average molecular weight is 329 g/mol. The third-order valence-corrected chi connectivity index (χ3v) is 5.83. The summed E-state index contributed by atoms with van der Waals surface area (Å²) < 4.78 is 0. The molecule has 3 rings (SSSR count). The van der Waals surface area contributed by atoms with Crippen LogP contribution in [0.4, 0.5) is 0 Å². The van der Waals surface area contributed by atoms with Crippen molar-refractivity contribution in [3.8, 4) is 0 Å². The van der Waals surface area contributed by atoms with Crippen molar-refractivity contribution in [2.45, 2.75) is 51.9 Å². The van der Waals surface area contributed by atoms with E-state index in [0.717, 1.165) is 51.6 Å². The van der Waals surface area contributed by atoms with Crippen molar-refractivity contribution in [2.75, 3.05) is 13.1 Å². The van der Waals surface area contributed by atoms with Crippen LogP contribution in [0, 0.1) is 18.3 Å². The largest absolute Gasteiger partial charge is 0.481 e. The van der Waals surface area contributed by atoms with Gasteiger partial charge in [-0.2, -0.15) is 0 Å². The Morgan fingerprint density at radius 2 is 1.83 bits per heavy atom. The molecule has 1 N–H and O–H groups in total. The fraction of sp³-hybridized carbons (Fsp3) is 0.600. The normalized spacial score (nSPS) is 21.7. The number of carboxylic acids is 1. The lowest BCUT2D eigenvalue weighted by Gasteiger charge is -2.32. The van der Waals surface area contributed by atoms with Crippen molar-refractivity contribution < 1.29 is 14.7 Å². The lowest BCUT2D eigenvalue weighted by atomic mass is 9.90. The van der Waals surface area contributed by atoms with E-state index in [2.05, 4.69) is 31.2 Å². The van der Waals surface area contributed by atoms with Crippen LogP contribution >= 0.6 is 0 Å². The molecule has 4 nitrogen and oxygen atoms in total. The molecule has 1 aliphatic heterocycles. The van der Waals surface area contributed by atoms with E-state index in [1.807, 2.05) is 4.90 Å². The molecule has 1 aliphatic carbocycles. The average Bonchev–Trinajstić information content (AvgIpc) is 3.27. The minimum Gasteiger partial charge on any atom is -0.481 e. The molecule has 1 unspecified atom stereocenters. The molecule has 1 aromatic rings. The summed E-state index contributed by atoms with van der Waals surface area (Å²) in [6.45, 7) is 3.56. The fourth-order valence-electron chi connectivity index (χ4n) is 3.97. The number of carbonyl (C=O) groups excluding carboxylic acids is 1. The van der Waals surface area contributed by atoms with E-state index in [1.54, 1.807) is 0 Å². The monoisotopic (exact) mass is 329 g/mol. The molecule has 130 valence electrons. The Bertz CT molecular complexity index is 600. The SMILES string of the molecule is Cc1ccc(CCCCC(=O)N2CCC3(CC2)CC3C(=O)O)cc1. The minimum absolute atomic E-state index is 0.00799. The Labute approximate surface area is 143 Å². The lowest BCUT2D eigenvalue weighted by molar-refractivity contribution is -0.139. The smallest absolute Gasteiger partial charge is 0.307 e. The number of nitrogens with zero attached hydrogens (tertiary/aromatic N) is 1. The summed E-state index contributed by atoms with van der Waals surface area (Å²) in [5.74, 6) is -0.587. The molecule has 2 fully saturated rings. The van der Waals surface area contributed by atoms with Gasteiger partial charge in [-0.25, -0.2) is 0 Å². The second-order valence-corrected chi connectivity index (χ2v) is 7.53. The number of hydrogen-bond donors (Lipinski definition) is 1. The number of amides is 1. The molecule has 1 spiro atoms. The number of piperidine rings is 1. The lowest BCUT2D eigenvalue weighted by Crippen LogP contribution is -2.39. The first kappa shape index (κ1) is 17.0. The van der Waals surface area contributed by atoms with Crippen LogP contribution in [0.1, 0.15) is 49.7 Å². The van der Waals surface area contributed by atoms with Crippen molar-refractivity contribution in [2.24, 2.45) is 11.3 Å². The van der Waals surface area contributed by atoms with E-state index in [0.29, 0.717) is 6.42 Å². The topological polar surface area (TPSA) is 57.6 Å². The maximum absolute atomic E-state index is 12.3. The van der Waals surface area contributed by atoms with Crippen LogP contribution in [-0.4, -0.2) is 35.0 Å². The number of aryl methyl sites for hydroxylation is 2. The number of carboxylic acid groups (broad SMARTS) is 1. The van der Waals surface area contributed by atoms with Crippen molar-refractivity contribution in [1.82, 2.24) is 4.90 Å². The van der Waals surface area contributed by atoms with E-state index < -0.39 is 5.97 Å². The van der Waals surface area contributed by atoms with Gasteiger partial charge in [-0.3, -0.25) is 9.59 Å². The van der Waals surface area contributed by atoms with Gasteiger partial charge in [0.1, 0.15) is 0 Å². The standard InChI is InChI=1S/C20H27NO3/c1-15-6-8-16(9-7-15)4-2-3-5-18(22)21-12-10-20(11-13-21)14-17(20)19(23)24/h6-9,17H,2-5,10-14H2,1H3,(H,23,24). The van der Waals surface area contributed by atoms with Gasteiger partial charge in [0, 0.05) is 19.5 Å². The first-order valence-corrected chi connectivity index (χ1v) is 9.06. The summed E-state index contributed by atoms with van der Waals surface area (Å²) in [4.78, 5) is 25.3. The molecule has 1 heterocycles. The molecule has 0 bridgehead atoms. The number of likely N-dealkylation sites (tertiary alicyclic amines) is 1. The molecule has 4 heteroatoms. The van der Waals surface area contributed by atoms with Gasteiger partial charge in [0.15, 0.2) is 0 Å². The predicted molar refractivity (Wildman–Crippen MR) is 92.7 cm³/mol. The van der Waals surface area contributed by atoms with E-state index in [9.17, 15) is 9.59 Å². The summed E-state index contributed by atoms with van der Waals surface area (Å²) >= 11 is 0. The van der Waals surface area contributed by atoms with Gasteiger partial charge < -0.3 is 10.0 Å². The number of carbonyl (C=O) groups is 2. The molecule has 2 aliphatic rings. The highest BCUT2D eigenvalue weighted by Crippen LogP contribution is 2.59. The zero-order valence-electron chi connectivity index (χ0n) is 14.5. The molecule has 0 radical (unpaired) electrons. The molecule has 1 saturated carbocycles. The van der Waals surface area contributed by atoms with Gasteiger partial charge >= 0.3 is 5.97 Å². The Morgan fingerprint density at radius 1 is 1.17 bits per heavy atom. The third-order valence-electron chi connectivity index (χ3n) is 5.83. The zero-order valence-corrected chi connectivity index (χ0v) is 14.5. The number of hydrogen-bond acceptors (Lipinski definition) is 2. The minimum atomic E-state index is -0.661. The fourth-order valence-corrected chi connectivity index (χ4v) is 3.97. The Balaban J connectivity index is 1.34. The Hall–Kier alpha value is -1.84. The summed E-state index contributed by atoms with van der Waals surface area (Å²) in [5.41, 5.74) is 2.62.